The second kappa shape index (κ2) is 4.89. The van der Waals surface area contributed by atoms with Gasteiger partial charge in [0.15, 0.2) is 0 Å². The Kier molecular flexibility index (Phi) is 3.52. The molecule has 1 atom stereocenters. The van der Waals surface area contributed by atoms with Crippen molar-refractivity contribution in [3.63, 3.8) is 0 Å². The van der Waals surface area contributed by atoms with Crippen LogP contribution in [0.25, 0.3) is 0 Å². The van der Waals surface area contributed by atoms with Gasteiger partial charge in [-0.15, -0.1) is 0 Å². The number of benzene rings is 1. The van der Waals surface area contributed by atoms with Crippen LogP contribution >= 0.6 is 11.6 Å². The van der Waals surface area contributed by atoms with Crippen LogP contribution in [0.2, 0.25) is 5.02 Å². The van der Waals surface area contributed by atoms with Crippen LogP contribution in [0.4, 0.5) is 0 Å². The topological polar surface area (TPSA) is 35.2 Å². The maximum absolute atomic E-state index is 6.24. The Bertz CT molecular complexity index is 414. The first kappa shape index (κ1) is 11.5. The van der Waals surface area contributed by atoms with Gasteiger partial charge in [-0.05, 0) is 31.4 Å². The fourth-order valence-electron chi connectivity index (χ4n) is 2.12. The molecule has 1 unspecified atom stereocenters. The SMILES string of the molecule is COc1cc(Cl)ccc1C(N)C1=CCCC1. The van der Waals surface area contributed by atoms with Gasteiger partial charge in [-0.1, -0.05) is 29.3 Å². The second-order valence-electron chi connectivity index (χ2n) is 4.04. The van der Waals surface area contributed by atoms with Crippen LogP contribution in [0.3, 0.4) is 0 Å². The smallest absolute Gasteiger partial charge is 0.125 e. The van der Waals surface area contributed by atoms with E-state index in [0.29, 0.717) is 5.02 Å². The van der Waals surface area contributed by atoms with Crippen LogP contribution in [0.1, 0.15) is 30.9 Å². The summed E-state index contributed by atoms with van der Waals surface area (Å²) in [6.07, 6.45) is 5.67. The van der Waals surface area contributed by atoms with Gasteiger partial charge in [0, 0.05) is 10.6 Å². The highest BCUT2D eigenvalue weighted by atomic mass is 35.5. The van der Waals surface area contributed by atoms with Gasteiger partial charge in [-0.3, -0.25) is 0 Å². The Balaban J connectivity index is 2.31. The average Bonchev–Trinajstić information content (AvgIpc) is 2.81. The van der Waals surface area contributed by atoms with Crippen molar-refractivity contribution in [1.29, 1.82) is 0 Å². The van der Waals surface area contributed by atoms with Gasteiger partial charge in [0.25, 0.3) is 0 Å². The van der Waals surface area contributed by atoms with E-state index in [4.69, 9.17) is 22.1 Å². The van der Waals surface area contributed by atoms with Gasteiger partial charge < -0.3 is 10.5 Å². The summed E-state index contributed by atoms with van der Waals surface area (Å²) in [6.45, 7) is 0. The van der Waals surface area contributed by atoms with Gasteiger partial charge in [0.05, 0.1) is 13.2 Å². The van der Waals surface area contributed by atoms with E-state index < -0.39 is 0 Å². The molecule has 0 radical (unpaired) electrons. The predicted molar refractivity (Wildman–Crippen MR) is 66.9 cm³/mol. The van der Waals surface area contributed by atoms with Gasteiger partial charge in [-0.2, -0.15) is 0 Å². The molecule has 0 saturated carbocycles. The number of halogens is 1. The molecular formula is C13H16ClNO. The predicted octanol–water partition coefficient (Wildman–Crippen LogP) is 3.46. The van der Waals surface area contributed by atoms with Crippen molar-refractivity contribution in [2.24, 2.45) is 5.73 Å². The molecule has 1 aliphatic rings. The van der Waals surface area contributed by atoms with E-state index in [9.17, 15) is 0 Å². The molecule has 1 aromatic carbocycles. The van der Waals surface area contributed by atoms with E-state index in [1.54, 1.807) is 7.11 Å². The minimum Gasteiger partial charge on any atom is -0.496 e. The van der Waals surface area contributed by atoms with Crippen molar-refractivity contribution in [3.8, 4) is 5.75 Å². The molecule has 0 aromatic heterocycles. The van der Waals surface area contributed by atoms with Crippen LogP contribution in [0, 0.1) is 0 Å². The van der Waals surface area contributed by atoms with Crippen molar-refractivity contribution in [2.75, 3.05) is 7.11 Å². The summed E-state index contributed by atoms with van der Waals surface area (Å²) in [6, 6.07) is 5.56. The number of hydrogen-bond donors (Lipinski definition) is 1. The lowest BCUT2D eigenvalue weighted by molar-refractivity contribution is 0.407. The Morgan fingerprint density at radius 2 is 2.25 bits per heavy atom. The maximum Gasteiger partial charge on any atom is 0.125 e. The summed E-state index contributed by atoms with van der Waals surface area (Å²) >= 11 is 5.92. The third-order valence-corrected chi connectivity index (χ3v) is 3.24. The summed E-state index contributed by atoms with van der Waals surface area (Å²) in [7, 11) is 1.64. The number of hydrogen-bond acceptors (Lipinski definition) is 2. The van der Waals surface area contributed by atoms with E-state index in [2.05, 4.69) is 6.08 Å². The van der Waals surface area contributed by atoms with Gasteiger partial charge in [0.1, 0.15) is 5.75 Å². The van der Waals surface area contributed by atoms with E-state index in [-0.39, 0.29) is 6.04 Å². The number of allylic oxidation sites excluding steroid dienone is 1. The summed E-state index contributed by atoms with van der Waals surface area (Å²) in [5.41, 5.74) is 8.56. The van der Waals surface area contributed by atoms with Crippen LogP contribution in [-0.2, 0) is 0 Å². The monoisotopic (exact) mass is 237 g/mol. The molecule has 2 nitrogen and oxygen atoms in total. The Hall–Kier alpha value is -0.990. The highest BCUT2D eigenvalue weighted by molar-refractivity contribution is 6.30. The third kappa shape index (κ3) is 2.23. The van der Waals surface area contributed by atoms with Crippen molar-refractivity contribution >= 4 is 11.6 Å². The summed E-state index contributed by atoms with van der Waals surface area (Å²) < 4.78 is 5.32. The van der Waals surface area contributed by atoms with Crippen LogP contribution < -0.4 is 10.5 Å². The molecule has 1 aliphatic carbocycles. The lowest BCUT2D eigenvalue weighted by Gasteiger charge is -2.17. The molecule has 0 fully saturated rings. The second-order valence-corrected chi connectivity index (χ2v) is 4.47. The van der Waals surface area contributed by atoms with Gasteiger partial charge >= 0.3 is 0 Å². The van der Waals surface area contributed by atoms with Crippen LogP contribution in [-0.4, -0.2) is 7.11 Å². The van der Waals surface area contributed by atoms with Crippen LogP contribution in [0.15, 0.2) is 29.8 Å². The molecular weight excluding hydrogens is 222 g/mol. The largest absolute Gasteiger partial charge is 0.496 e. The zero-order valence-electron chi connectivity index (χ0n) is 9.37. The zero-order valence-corrected chi connectivity index (χ0v) is 10.1. The molecule has 3 heteroatoms. The van der Waals surface area contributed by atoms with Crippen molar-refractivity contribution < 1.29 is 4.74 Å². The highest BCUT2D eigenvalue weighted by Crippen LogP contribution is 2.34. The van der Waals surface area contributed by atoms with E-state index >= 15 is 0 Å². The first-order valence-electron chi connectivity index (χ1n) is 5.50. The lowest BCUT2D eigenvalue weighted by Crippen LogP contribution is -2.13. The molecule has 86 valence electrons. The molecule has 0 aliphatic heterocycles. The lowest BCUT2D eigenvalue weighted by atomic mass is 9.98. The highest BCUT2D eigenvalue weighted by Gasteiger charge is 2.18. The molecule has 0 bridgehead atoms. The first-order chi connectivity index (χ1) is 7.72. The molecule has 2 rings (SSSR count). The Labute approximate surface area is 101 Å². The fraction of sp³-hybridized carbons (Fsp3) is 0.385. The summed E-state index contributed by atoms with van der Waals surface area (Å²) in [5.74, 6) is 0.771. The minimum absolute atomic E-state index is 0.0604. The van der Waals surface area contributed by atoms with E-state index in [1.807, 2.05) is 18.2 Å². The Morgan fingerprint density at radius 3 is 2.88 bits per heavy atom. The van der Waals surface area contributed by atoms with Gasteiger partial charge in [-0.25, -0.2) is 0 Å². The molecule has 0 heterocycles. The summed E-state index contributed by atoms with van der Waals surface area (Å²) in [4.78, 5) is 0. The van der Waals surface area contributed by atoms with Crippen molar-refractivity contribution in [1.82, 2.24) is 0 Å². The minimum atomic E-state index is -0.0604. The molecule has 0 spiro atoms. The normalized spacial score (nSPS) is 17.1. The van der Waals surface area contributed by atoms with Crippen LogP contribution in [0.5, 0.6) is 5.75 Å². The number of nitrogens with two attached hydrogens (primary N) is 1. The zero-order chi connectivity index (χ0) is 11.5. The fourth-order valence-corrected chi connectivity index (χ4v) is 2.28. The Morgan fingerprint density at radius 1 is 1.44 bits per heavy atom. The number of ether oxygens (including phenoxy) is 1. The molecule has 0 amide bonds. The quantitative estimate of drug-likeness (QED) is 0.818. The van der Waals surface area contributed by atoms with Crippen molar-refractivity contribution in [2.45, 2.75) is 25.3 Å². The van der Waals surface area contributed by atoms with E-state index in [0.717, 1.165) is 24.2 Å². The molecule has 1 aromatic rings. The molecule has 2 N–H and O–H groups in total. The third-order valence-electron chi connectivity index (χ3n) is 3.01. The van der Waals surface area contributed by atoms with Crippen molar-refractivity contribution in [3.05, 3.63) is 40.4 Å². The molecule has 0 saturated heterocycles. The standard InChI is InChI=1S/C13H16ClNO/c1-16-12-8-10(14)6-7-11(12)13(15)9-4-2-3-5-9/h4,6-8,13H,2-3,5,15H2,1H3. The summed E-state index contributed by atoms with van der Waals surface area (Å²) in [5, 5.41) is 0.674. The van der Waals surface area contributed by atoms with Gasteiger partial charge in [0.2, 0.25) is 0 Å². The average molecular weight is 238 g/mol. The van der Waals surface area contributed by atoms with E-state index in [1.165, 1.54) is 12.0 Å². The number of methoxy groups -OCH3 is 1. The maximum atomic E-state index is 6.24. The molecule has 16 heavy (non-hydrogen) atoms. The number of rotatable bonds is 3. The first-order valence-corrected chi connectivity index (χ1v) is 5.88.